The van der Waals surface area contributed by atoms with Gasteiger partial charge in [0.15, 0.2) is 12.2 Å². The molecule has 0 saturated carbocycles. The van der Waals surface area contributed by atoms with Gasteiger partial charge in [0.25, 0.3) is 0 Å². The highest BCUT2D eigenvalue weighted by atomic mass is 79.9. The second-order valence-electron chi connectivity index (χ2n) is 7.75. The summed E-state index contributed by atoms with van der Waals surface area (Å²) < 4.78 is 17.5. The number of ether oxygens (including phenoxy) is 3. The molecule has 15 heteroatoms. The third kappa shape index (κ3) is 9.92. The summed E-state index contributed by atoms with van der Waals surface area (Å²) in [6, 6.07) is 6.56. The van der Waals surface area contributed by atoms with Crippen LogP contribution in [0.15, 0.2) is 34.3 Å². The highest BCUT2D eigenvalue weighted by molar-refractivity contribution is 9.10. The van der Waals surface area contributed by atoms with Gasteiger partial charge >= 0.3 is 12.2 Å². The molecule has 38 heavy (non-hydrogen) atoms. The predicted molar refractivity (Wildman–Crippen MR) is 141 cm³/mol. The Hall–Kier alpha value is -3.21. The van der Waals surface area contributed by atoms with E-state index in [1.54, 1.807) is 0 Å². The Morgan fingerprint density at radius 2 is 1.71 bits per heavy atom. The first-order chi connectivity index (χ1) is 18.2. The van der Waals surface area contributed by atoms with Crippen molar-refractivity contribution in [2.75, 3.05) is 31.4 Å². The molecule has 0 heterocycles. The number of nitrogens with zero attached hydrogens (tertiary/aromatic N) is 1. The van der Waals surface area contributed by atoms with Crippen LogP contribution in [0.1, 0.15) is 18.4 Å². The molecule has 0 radical (unpaired) electrons. The van der Waals surface area contributed by atoms with Gasteiger partial charge < -0.3 is 35.9 Å². The second-order valence-corrected chi connectivity index (χ2v) is 9.36. The van der Waals surface area contributed by atoms with Gasteiger partial charge in [0.1, 0.15) is 11.9 Å². The zero-order chi connectivity index (χ0) is 28.1. The van der Waals surface area contributed by atoms with E-state index in [9.17, 15) is 19.2 Å². The van der Waals surface area contributed by atoms with E-state index in [-0.39, 0.29) is 55.6 Å². The molecule has 2 rings (SSSR count). The molecule has 0 fully saturated rings. The second kappa shape index (κ2) is 15.9. The number of alkyl carbamates (subject to hydrolysis) is 2. The average molecular weight is 635 g/mol. The van der Waals surface area contributed by atoms with E-state index < -0.39 is 42.3 Å². The van der Waals surface area contributed by atoms with E-state index in [2.05, 4.69) is 31.9 Å². The molecule has 0 bridgehead atoms. The third-order valence-electron chi connectivity index (χ3n) is 4.98. The van der Waals surface area contributed by atoms with Crippen molar-refractivity contribution in [1.29, 1.82) is 5.26 Å². The van der Waals surface area contributed by atoms with Crippen LogP contribution in [-0.2, 0) is 19.1 Å². The van der Waals surface area contributed by atoms with Crippen LogP contribution < -0.4 is 26.4 Å². The van der Waals surface area contributed by atoms with Crippen LogP contribution in [0.3, 0.4) is 0 Å². The van der Waals surface area contributed by atoms with E-state index in [1.807, 2.05) is 6.07 Å². The number of carbonyl (C=O) groups excluding carboxylic acids is 4. The lowest BCUT2D eigenvalue weighted by molar-refractivity contribution is -0.119. The number of rotatable bonds is 12. The first kappa shape index (κ1) is 31.0. The number of hydrogen-bond acceptors (Lipinski definition) is 8. The van der Waals surface area contributed by atoms with E-state index in [0.717, 1.165) is 0 Å². The fourth-order valence-electron chi connectivity index (χ4n) is 3.30. The molecule has 4 amide bonds. The molecule has 1 aliphatic carbocycles. The van der Waals surface area contributed by atoms with Gasteiger partial charge in [-0.15, -0.1) is 23.2 Å². The number of nitriles is 1. The first-order valence-corrected chi connectivity index (χ1v) is 13.2. The number of benzene rings is 1. The zero-order valence-corrected chi connectivity index (χ0v) is 23.1. The Morgan fingerprint density at radius 3 is 2.29 bits per heavy atom. The molecule has 206 valence electrons. The minimum absolute atomic E-state index is 0.0132. The summed E-state index contributed by atoms with van der Waals surface area (Å²) in [5, 5.41) is 16.6. The monoisotopic (exact) mass is 633 g/mol. The number of amides is 4. The molecule has 0 spiro atoms. The number of nitrogens with two attached hydrogens (primary N) is 1. The fraction of sp³-hybridized carbons (Fsp3) is 0.435. The summed E-state index contributed by atoms with van der Waals surface area (Å²) >= 11 is 14.6. The van der Waals surface area contributed by atoms with Crippen LogP contribution in [-0.4, -0.2) is 73.7 Å². The van der Waals surface area contributed by atoms with Crippen molar-refractivity contribution < 1.29 is 33.4 Å². The van der Waals surface area contributed by atoms with E-state index in [4.69, 9.17) is 48.4 Å². The lowest BCUT2D eigenvalue weighted by Crippen LogP contribution is -2.51. The molecule has 0 unspecified atom stereocenters. The topological polar surface area (TPSA) is 182 Å². The molecule has 5 N–H and O–H groups in total. The number of carbonyl (C=O) groups is 4. The average Bonchev–Trinajstić information content (AvgIpc) is 2.88. The normalized spacial score (nSPS) is 18.3. The Labute approximate surface area is 237 Å². The van der Waals surface area contributed by atoms with Gasteiger partial charge in [0.05, 0.1) is 16.1 Å². The van der Waals surface area contributed by atoms with E-state index in [0.29, 0.717) is 10.0 Å². The molecular weight excluding hydrogens is 609 g/mol. The number of nitrogens with one attached hydrogen (secondary N) is 3. The summed E-state index contributed by atoms with van der Waals surface area (Å²) in [5.41, 5.74) is 5.65. The molecule has 1 aromatic rings. The molecule has 0 aliphatic heterocycles. The Bertz CT molecular complexity index is 1100. The summed E-state index contributed by atoms with van der Waals surface area (Å²) in [7, 11) is 0. The van der Waals surface area contributed by atoms with Gasteiger partial charge in [-0.3, -0.25) is 9.59 Å². The quantitative estimate of drug-likeness (QED) is 0.252. The highest BCUT2D eigenvalue weighted by Crippen LogP contribution is 2.32. The van der Waals surface area contributed by atoms with Crippen molar-refractivity contribution >= 4 is 63.1 Å². The summed E-state index contributed by atoms with van der Waals surface area (Å²) in [6.45, 7) is 0.217. The predicted octanol–water partition coefficient (Wildman–Crippen LogP) is 2.06. The molecule has 12 nitrogen and oxygen atoms in total. The van der Waals surface area contributed by atoms with Gasteiger partial charge in [-0.2, -0.15) is 5.26 Å². The maximum Gasteiger partial charge on any atom is 0.407 e. The summed E-state index contributed by atoms with van der Waals surface area (Å²) in [5.74, 6) is -0.622. The molecule has 1 aromatic carbocycles. The minimum Gasteiger partial charge on any atom is -0.481 e. The van der Waals surface area contributed by atoms with E-state index >= 15 is 0 Å². The van der Waals surface area contributed by atoms with Crippen molar-refractivity contribution in [3.05, 3.63) is 39.9 Å². The largest absolute Gasteiger partial charge is 0.481 e. The van der Waals surface area contributed by atoms with Gasteiger partial charge in [-0.05, 0) is 40.2 Å². The van der Waals surface area contributed by atoms with Crippen LogP contribution >= 0.6 is 39.1 Å². The molecule has 0 saturated heterocycles. The lowest BCUT2D eigenvalue weighted by atomic mass is 9.91. The smallest absolute Gasteiger partial charge is 0.407 e. The lowest BCUT2D eigenvalue weighted by Gasteiger charge is -2.35. The molecule has 1 aliphatic rings. The number of primary amides is 1. The first-order valence-electron chi connectivity index (χ1n) is 11.3. The van der Waals surface area contributed by atoms with Gasteiger partial charge in [0.2, 0.25) is 11.8 Å². The van der Waals surface area contributed by atoms with Crippen LogP contribution in [0.5, 0.6) is 5.75 Å². The zero-order valence-electron chi connectivity index (χ0n) is 20.0. The summed E-state index contributed by atoms with van der Waals surface area (Å²) in [4.78, 5) is 48.7. The van der Waals surface area contributed by atoms with Crippen molar-refractivity contribution in [1.82, 2.24) is 16.0 Å². The van der Waals surface area contributed by atoms with Crippen LogP contribution in [0.4, 0.5) is 9.59 Å². The molecule has 3 atom stereocenters. The highest BCUT2D eigenvalue weighted by Gasteiger charge is 2.42. The van der Waals surface area contributed by atoms with Crippen molar-refractivity contribution in [2.45, 2.75) is 31.2 Å². The molecular formula is C23H26BrCl2N5O7. The SMILES string of the molecule is N#Cc1ccc(O[C@@H]2C=C(C(=O)NCCC(N)=O)C[C@@H](OC(=O)NCCCl)[C@H]2OC(=O)NCCCl)c(Br)c1. The fourth-order valence-corrected chi connectivity index (χ4v) is 3.96. The Kier molecular flexibility index (Phi) is 13.0. The Balaban J connectivity index is 2.42. The molecule has 0 aromatic heterocycles. The van der Waals surface area contributed by atoms with Crippen molar-refractivity contribution in [3.8, 4) is 11.8 Å². The van der Waals surface area contributed by atoms with Crippen LogP contribution in [0.25, 0.3) is 0 Å². The van der Waals surface area contributed by atoms with Crippen molar-refractivity contribution in [2.24, 2.45) is 5.73 Å². The van der Waals surface area contributed by atoms with Gasteiger partial charge in [-0.1, -0.05) is 0 Å². The maximum absolute atomic E-state index is 12.9. The standard InChI is InChI=1S/C23H26BrCl2N5O7/c24-15-9-13(12-27)1-2-16(15)36-17-10-14(21(33)29-6-3-19(28)32)11-18(37-22(34)30-7-4-25)20(17)38-23(35)31-8-5-26/h1-2,9-10,17-18,20H,3-8,11H2,(H2,28,32)(H,29,33)(H,30,34)(H,31,35)/t17-,18-,20+/m1/s1. The minimum atomic E-state index is -1.20. The van der Waals surface area contributed by atoms with Gasteiger partial charge in [-0.25, -0.2) is 9.59 Å². The van der Waals surface area contributed by atoms with Gasteiger partial charge in [0, 0.05) is 49.8 Å². The summed E-state index contributed by atoms with van der Waals surface area (Å²) in [6.07, 6.45) is -3.95. The third-order valence-corrected chi connectivity index (χ3v) is 5.98. The Morgan fingerprint density at radius 1 is 1.05 bits per heavy atom. The van der Waals surface area contributed by atoms with Crippen molar-refractivity contribution in [3.63, 3.8) is 0 Å². The van der Waals surface area contributed by atoms with Crippen LogP contribution in [0, 0.1) is 11.3 Å². The number of halogens is 3. The van der Waals surface area contributed by atoms with E-state index in [1.165, 1.54) is 24.3 Å². The maximum atomic E-state index is 12.9. The number of hydrogen-bond donors (Lipinski definition) is 4. The number of alkyl halides is 2. The van der Waals surface area contributed by atoms with Crippen LogP contribution in [0.2, 0.25) is 0 Å².